The molecule has 0 spiro atoms. The lowest BCUT2D eigenvalue weighted by Gasteiger charge is -2.07. The minimum absolute atomic E-state index is 0.329. The van der Waals surface area contributed by atoms with Crippen LogP contribution in [0, 0.1) is 12.7 Å². The smallest absolute Gasteiger partial charge is 0.248 e. The molecule has 0 saturated heterocycles. The first-order chi connectivity index (χ1) is 13.0. The molecule has 0 saturated carbocycles. The number of ether oxygens (including phenoxy) is 1. The molecule has 7 heteroatoms. The molecule has 1 aromatic heterocycles. The topological polar surface area (TPSA) is 56.1 Å². The van der Waals surface area contributed by atoms with E-state index in [2.05, 4.69) is 10.4 Å². The van der Waals surface area contributed by atoms with Crippen LogP contribution >= 0.6 is 11.6 Å². The molecule has 0 bridgehead atoms. The van der Waals surface area contributed by atoms with Crippen molar-refractivity contribution in [2.75, 3.05) is 12.4 Å². The fourth-order valence-electron chi connectivity index (χ4n) is 2.54. The van der Waals surface area contributed by atoms with Gasteiger partial charge in [-0.05, 0) is 49.4 Å². The Morgan fingerprint density at radius 1 is 1.22 bits per heavy atom. The Morgan fingerprint density at radius 3 is 2.63 bits per heavy atom. The molecule has 3 rings (SSSR count). The minimum atomic E-state index is -0.341. The van der Waals surface area contributed by atoms with E-state index in [-0.39, 0.29) is 11.7 Å². The number of hydrogen-bond donors (Lipinski definition) is 1. The van der Waals surface area contributed by atoms with Gasteiger partial charge in [-0.2, -0.15) is 5.10 Å². The molecular weight excluding hydrogens is 369 g/mol. The number of halogens is 2. The third kappa shape index (κ3) is 4.17. The number of hydrogen-bond acceptors (Lipinski definition) is 3. The Bertz CT molecular complexity index is 997. The van der Waals surface area contributed by atoms with Crippen molar-refractivity contribution in [1.29, 1.82) is 0 Å². The van der Waals surface area contributed by atoms with Gasteiger partial charge in [0.1, 0.15) is 16.7 Å². The maximum atomic E-state index is 13.1. The Labute approximate surface area is 161 Å². The van der Waals surface area contributed by atoms with Gasteiger partial charge in [-0.3, -0.25) is 4.79 Å². The first-order valence-corrected chi connectivity index (χ1v) is 8.50. The SMILES string of the molecule is COc1ccccc1NC(=O)/C=C/c1c(C)nn(-c2ccc(F)cc2)c1Cl. The van der Waals surface area contributed by atoms with Gasteiger partial charge in [0.25, 0.3) is 0 Å². The number of carbonyl (C=O) groups is 1. The van der Waals surface area contributed by atoms with E-state index in [9.17, 15) is 9.18 Å². The van der Waals surface area contributed by atoms with E-state index in [0.29, 0.717) is 33.5 Å². The monoisotopic (exact) mass is 385 g/mol. The van der Waals surface area contributed by atoms with Crippen molar-refractivity contribution in [1.82, 2.24) is 9.78 Å². The molecule has 0 fully saturated rings. The third-order valence-corrected chi connectivity index (χ3v) is 4.25. The number of aromatic nitrogens is 2. The average molecular weight is 386 g/mol. The minimum Gasteiger partial charge on any atom is -0.495 e. The second-order valence-electron chi connectivity index (χ2n) is 5.70. The zero-order valence-electron chi connectivity index (χ0n) is 14.7. The number of anilines is 1. The molecule has 1 amide bonds. The van der Waals surface area contributed by atoms with Crippen LogP contribution in [-0.2, 0) is 4.79 Å². The lowest BCUT2D eigenvalue weighted by molar-refractivity contribution is -0.111. The van der Waals surface area contributed by atoms with Crippen molar-refractivity contribution in [2.24, 2.45) is 0 Å². The average Bonchev–Trinajstić information content (AvgIpc) is 2.95. The van der Waals surface area contributed by atoms with E-state index in [4.69, 9.17) is 16.3 Å². The Balaban J connectivity index is 1.81. The highest BCUT2D eigenvalue weighted by molar-refractivity contribution is 6.31. The molecule has 138 valence electrons. The van der Waals surface area contributed by atoms with E-state index in [1.165, 1.54) is 30.0 Å². The van der Waals surface area contributed by atoms with Crippen LogP contribution in [0.4, 0.5) is 10.1 Å². The van der Waals surface area contributed by atoms with Crippen molar-refractivity contribution in [2.45, 2.75) is 6.92 Å². The summed E-state index contributed by atoms with van der Waals surface area (Å²) in [5.41, 5.74) is 2.45. The molecule has 5 nitrogen and oxygen atoms in total. The van der Waals surface area contributed by atoms with Crippen molar-refractivity contribution < 1.29 is 13.9 Å². The highest BCUT2D eigenvalue weighted by atomic mass is 35.5. The van der Waals surface area contributed by atoms with Gasteiger partial charge in [0, 0.05) is 11.6 Å². The van der Waals surface area contributed by atoms with Crippen LogP contribution in [0.5, 0.6) is 5.75 Å². The van der Waals surface area contributed by atoms with Gasteiger partial charge in [-0.15, -0.1) is 0 Å². The maximum Gasteiger partial charge on any atom is 0.248 e. The number of para-hydroxylation sites is 2. The second kappa shape index (κ2) is 8.05. The lowest BCUT2D eigenvalue weighted by Crippen LogP contribution is -2.08. The van der Waals surface area contributed by atoms with Gasteiger partial charge in [-0.1, -0.05) is 23.7 Å². The van der Waals surface area contributed by atoms with Gasteiger partial charge in [0.15, 0.2) is 0 Å². The largest absolute Gasteiger partial charge is 0.495 e. The van der Waals surface area contributed by atoms with E-state index >= 15 is 0 Å². The number of carbonyl (C=O) groups excluding carboxylic acids is 1. The summed E-state index contributed by atoms with van der Waals surface area (Å²) >= 11 is 6.40. The summed E-state index contributed by atoms with van der Waals surface area (Å²) in [6.45, 7) is 1.78. The number of aryl methyl sites for hydroxylation is 1. The van der Waals surface area contributed by atoms with Gasteiger partial charge in [0.2, 0.25) is 5.91 Å². The molecule has 0 aliphatic carbocycles. The van der Waals surface area contributed by atoms with Crippen molar-refractivity contribution >= 4 is 29.3 Å². The van der Waals surface area contributed by atoms with Crippen LogP contribution in [0.15, 0.2) is 54.6 Å². The van der Waals surface area contributed by atoms with Gasteiger partial charge in [-0.25, -0.2) is 9.07 Å². The highest BCUT2D eigenvalue weighted by Gasteiger charge is 2.13. The van der Waals surface area contributed by atoms with Gasteiger partial charge in [0.05, 0.1) is 24.2 Å². The quantitative estimate of drug-likeness (QED) is 0.651. The number of benzene rings is 2. The van der Waals surface area contributed by atoms with E-state index in [1.54, 1.807) is 43.3 Å². The third-order valence-electron chi connectivity index (χ3n) is 3.89. The Kier molecular flexibility index (Phi) is 5.57. The second-order valence-corrected chi connectivity index (χ2v) is 6.06. The molecule has 2 aromatic carbocycles. The summed E-state index contributed by atoms with van der Waals surface area (Å²) in [6, 6.07) is 12.9. The molecule has 1 heterocycles. The number of rotatable bonds is 5. The molecule has 0 unspecified atom stereocenters. The number of nitrogens with zero attached hydrogens (tertiary/aromatic N) is 2. The summed E-state index contributed by atoms with van der Waals surface area (Å²) < 4.78 is 19.8. The Morgan fingerprint density at radius 2 is 1.93 bits per heavy atom. The molecule has 3 aromatic rings. The van der Waals surface area contributed by atoms with E-state index in [0.717, 1.165) is 0 Å². The van der Waals surface area contributed by atoms with Crippen molar-refractivity contribution in [3.63, 3.8) is 0 Å². The van der Waals surface area contributed by atoms with Gasteiger partial charge < -0.3 is 10.1 Å². The maximum absolute atomic E-state index is 13.1. The summed E-state index contributed by atoms with van der Waals surface area (Å²) in [6.07, 6.45) is 2.97. The van der Waals surface area contributed by atoms with Crippen LogP contribution in [-0.4, -0.2) is 22.8 Å². The summed E-state index contributed by atoms with van der Waals surface area (Å²) in [7, 11) is 1.54. The van der Waals surface area contributed by atoms with Crippen LogP contribution < -0.4 is 10.1 Å². The molecular formula is C20H17ClFN3O2. The summed E-state index contributed by atoms with van der Waals surface area (Å²) in [5, 5.41) is 7.45. The van der Waals surface area contributed by atoms with Crippen molar-refractivity contribution in [3.05, 3.63) is 76.8 Å². The zero-order valence-corrected chi connectivity index (χ0v) is 15.5. The summed E-state index contributed by atoms with van der Waals surface area (Å²) in [5.74, 6) is -0.103. The van der Waals surface area contributed by atoms with Crippen LogP contribution in [0.1, 0.15) is 11.3 Å². The van der Waals surface area contributed by atoms with Gasteiger partial charge >= 0.3 is 0 Å². The highest BCUT2D eigenvalue weighted by Crippen LogP contribution is 2.26. The molecule has 1 N–H and O–H groups in total. The number of nitrogens with one attached hydrogen (secondary N) is 1. The Hall–Kier alpha value is -3.12. The van der Waals surface area contributed by atoms with E-state index < -0.39 is 0 Å². The molecule has 0 radical (unpaired) electrons. The molecule has 0 aliphatic heterocycles. The molecule has 0 aliphatic rings. The predicted octanol–water partition coefficient (Wildman–Crippen LogP) is 4.63. The first kappa shape index (κ1) is 18.7. The zero-order chi connectivity index (χ0) is 19.4. The molecule has 0 atom stereocenters. The van der Waals surface area contributed by atoms with Crippen LogP contribution in [0.2, 0.25) is 5.15 Å². The first-order valence-electron chi connectivity index (χ1n) is 8.12. The lowest BCUT2D eigenvalue weighted by atomic mass is 10.2. The van der Waals surface area contributed by atoms with Crippen molar-refractivity contribution in [3.8, 4) is 11.4 Å². The number of methoxy groups -OCH3 is 1. The fraction of sp³-hybridized carbons (Fsp3) is 0.100. The predicted molar refractivity (Wildman–Crippen MR) is 104 cm³/mol. The molecule has 27 heavy (non-hydrogen) atoms. The normalized spacial score (nSPS) is 11.0. The van der Waals surface area contributed by atoms with E-state index in [1.807, 2.05) is 6.07 Å². The van der Waals surface area contributed by atoms with Crippen LogP contribution in [0.3, 0.4) is 0 Å². The standard InChI is InChI=1S/C20H17ClFN3O2/c1-13-16(20(21)25(24-13)15-9-7-14(22)8-10-15)11-12-19(26)23-17-5-3-4-6-18(17)27-2/h3-12H,1-2H3,(H,23,26)/b12-11+. The van der Waals surface area contributed by atoms with Crippen LogP contribution in [0.25, 0.3) is 11.8 Å². The fourth-order valence-corrected chi connectivity index (χ4v) is 2.87. The number of amides is 1. The summed E-state index contributed by atoms with van der Waals surface area (Å²) in [4.78, 5) is 12.2.